The first-order valence-corrected chi connectivity index (χ1v) is 7.34. The Balaban J connectivity index is 1.97. The number of nitrogens with one attached hydrogen (secondary N) is 1. The molecule has 2 aromatic rings. The molecule has 0 saturated carbocycles. The van der Waals surface area contributed by atoms with Crippen molar-refractivity contribution in [1.29, 1.82) is 0 Å². The van der Waals surface area contributed by atoms with Crippen molar-refractivity contribution in [3.8, 4) is 11.5 Å². The molecule has 0 aliphatic rings. The lowest BCUT2D eigenvalue weighted by Gasteiger charge is -2.08. The molecule has 5 heteroatoms. The molecule has 1 heterocycles. The van der Waals surface area contributed by atoms with Crippen LogP contribution in [0.2, 0.25) is 0 Å². The first-order valence-electron chi connectivity index (χ1n) is 7.34. The van der Waals surface area contributed by atoms with E-state index in [9.17, 15) is 4.79 Å². The van der Waals surface area contributed by atoms with Crippen LogP contribution in [0.5, 0.6) is 11.5 Å². The Kier molecular flexibility index (Phi) is 5.46. The van der Waals surface area contributed by atoms with Gasteiger partial charge in [0.1, 0.15) is 0 Å². The number of aromatic nitrogens is 1. The smallest absolute Gasteiger partial charge is 0.244 e. The predicted octanol–water partition coefficient (Wildman–Crippen LogP) is 2.68. The molecule has 5 nitrogen and oxygen atoms in total. The van der Waals surface area contributed by atoms with Gasteiger partial charge in [0.15, 0.2) is 11.5 Å². The van der Waals surface area contributed by atoms with E-state index in [1.165, 1.54) is 6.08 Å². The average molecular weight is 314 g/mol. The number of methoxy groups -OCH3 is 2. The van der Waals surface area contributed by atoms with Gasteiger partial charge in [0.25, 0.3) is 0 Å². The Morgan fingerprint density at radius 1 is 1.17 bits per heavy atom. The van der Waals surface area contributed by atoms with Crippen LogP contribution in [0.25, 0.3) is 6.08 Å². The molecule has 1 N–H and O–H groups in total. The number of hydrogen-bond acceptors (Lipinski definition) is 3. The van der Waals surface area contributed by atoms with Gasteiger partial charge in [-0.3, -0.25) is 4.79 Å². The van der Waals surface area contributed by atoms with Crippen LogP contribution < -0.4 is 14.8 Å². The quantitative estimate of drug-likeness (QED) is 0.834. The standard InChI is InChI=1S/C18H22N2O3/c1-13-5-8-15(20(13)2)12-19-18(21)10-7-14-6-9-16(22-3)17(11-14)23-4/h5-11H,12H2,1-4H3,(H,19,21). The molecule has 2 rings (SSSR count). The molecule has 0 saturated heterocycles. The molecule has 1 aromatic heterocycles. The summed E-state index contributed by atoms with van der Waals surface area (Å²) in [6.07, 6.45) is 3.25. The first-order chi connectivity index (χ1) is 11.0. The number of carbonyl (C=O) groups excluding carboxylic acids is 1. The fourth-order valence-corrected chi connectivity index (χ4v) is 2.21. The van der Waals surface area contributed by atoms with Gasteiger partial charge < -0.3 is 19.4 Å². The second kappa shape index (κ2) is 7.54. The summed E-state index contributed by atoms with van der Waals surface area (Å²) in [5, 5.41) is 2.87. The maximum absolute atomic E-state index is 11.9. The predicted molar refractivity (Wildman–Crippen MR) is 90.6 cm³/mol. The second-order valence-electron chi connectivity index (χ2n) is 5.19. The van der Waals surface area contributed by atoms with E-state index in [0.717, 1.165) is 17.0 Å². The van der Waals surface area contributed by atoms with E-state index in [1.54, 1.807) is 20.3 Å². The van der Waals surface area contributed by atoms with Gasteiger partial charge in [-0.05, 0) is 42.8 Å². The fraction of sp³-hybridized carbons (Fsp3) is 0.278. The van der Waals surface area contributed by atoms with Crippen molar-refractivity contribution in [1.82, 2.24) is 9.88 Å². The Hall–Kier alpha value is -2.69. The minimum Gasteiger partial charge on any atom is -0.493 e. The molecular formula is C18H22N2O3. The van der Waals surface area contributed by atoms with E-state index in [2.05, 4.69) is 9.88 Å². The fourth-order valence-electron chi connectivity index (χ4n) is 2.21. The molecule has 0 aliphatic heterocycles. The molecule has 1 amide bonds. The average Bonchev–Trinajstić information content (AvgIpc) is 2.89. The molecule has 0 radical (unpaired) electrons. The topological polar surface area (TPSA) is 52.5 Å². The minimum atomic E-state index is -0.140. The van der Waals surface area contributed by atoms with Crippen molar-refractivity contribution in [3.63, 3.8) is 0 Å². The summed E-state index contributed by atoms with van der Waals surface area (Å²) >= 11 is 0. The van der Waals surface area contributed by atoms with Gasteiger partial charge in [-0.2, -0.15) is 0 Å². The summed E-state index contributed by atoms with van der Waals surface area (Å²) in [6.45, 7) is 2.53. The first kappa shape index (κ1) is 16.7. The number of amides is 1. The van der Waals surface area contributed by atoms with Crippen LogP contribution in [-0.4, -0.2) is 24.7 Å². The zero-order valence-corrected chi connectivity index (χ0v) is 13.9. The summed E-state index contributed by atoms with van der Waals surface area (Å²) in [5.74, 6) is 1.15. The summed E-state index contributed by atoms with van der Waals surface area (Å²) < 4.78 is 12.5. The van der Waals surface area contributed by atoms with Crippen LogP contribution in [0, 0.1) is 6.92 Å². The largest absolute Gasteiger partial charge is 0.493 e. The van der Waals surface area contributed by atoms with Gasteiger partial charge in [0.05, 0.1) is 20.8 Å². The van der Waals surface area contributed by atoms with Gasteiger partial charge in [0.2, 0.25) is 5.91 Å². The zero-order valence-electron chi connectivity index (χ0n) is 13.9. The summed E-state index contributed by atoms with van der Waals surface area (Å²) in [5.41, 5.74) is 3.10. The van der Waals surface area contributed by atoms with Crippen molar-refractivity contribution in [2.24, 2.45) is 7.05 Å². The molecule has 23 heavy (non-hydrogen) atoms. The third-order valence-electron chi connectivity index (χ3n) is 3.76. The molecule has 122 valence electrons. The van der Waals surface area contributed by atoms with E-state index >= 15 is 0 Å². The second-order valence-corrected chi connectivity index (χ2v) is 5.19. The van der Waals surface area contributed by atoms with Crippen molar-refractivity contribution < 1.29 is 14.3 Å². The molecule has 0 aliphatic carbocycles. The van der Waals surface area contributed by atoms with Crippen LogP contribution in [0.1, 0.15) is 17.0 Å². The highest BCUT2D eigenvalue weighted by Gasteiger charge is 2.04. The molecule has 0 fully saturated rings. The van der Waals surface area contributed by atoms with E-state index in [1.807, 2.05) is 44.3 Å². The Labute approximate surface area is 136 Å². The molecule has 0 spiro atoms. The van der Waals surface area contributed by atoms with E-state index in [-0.39, 0.29) is 5.91 Å². The van der Waals surface area contributed by atoms with Crippen molar-refractivity contribution in [2.75, 3.05) is 14.2 Å². The van der Waals surface area contributed by atoms with Crippen molar-refractivity contribution in [2.45, 2.75) is 13.5 Å². The van der Waals surface area contributed by atoms with Crippen molar-refractivity contribution >= 4 is 12.0 Å². The van der Waals surface area contributed by atoms with Gasteiger partial charge in [0, 0.05) is 24.5 Å². The molecular weight excluding hydrogens is 292 g/mol. The Morgan fingerprint density at radius 2 is 1.91 bits per heavy atom. The lowest BCUT2D eigenvalue weighted by molar-refractivity contribution is -0.116. The van der Waals surface area contributed by atoms with Gasteiger partial charge in [-0.25, -0.2) is 0 Å². The number of nitrogens with zero attached hydrogens (tertiary/aromatic N) is 1. The molecule has 0 unspecified atom stereocenters. The summed E-state index contributed by atoms with van der Waals surface area (Å²) in [4.78, 5) is 11.9. The number of ether oxygens (including phenoxy) is 2. The van der Waals surface area contributed by atoms with Crippen LogP contribution in [0.15, 0.2) is 36.4 Å². The molecule has 1 aromatic carbocycles. The molecule has 0 bridgehead atoms. The van der Waals surface area contributed by atoms with Gasteiger partial charge in [-0.15, -0.1) is 0 Å². The number of hydrogen-bond donors (Lipinski definition) is 1. The summed E-state index contributed by atoms with van der Waals surface area (Å²) in [6, 6.07) is 9.53. The van der Waals surface area contributed by atoms with Gasteiger partial charge >= 0.3 is 0 Å². The van der Waals surface area contributed by atoms with Crippen LogP contribution in [-0.2, 0) is 18.4 Å². The Morgan fingerprint density at radius 3 is 2.52 bits per heavy atom. The van der Waals surface area contributed by atoms with E-state index in [0.29, 0.717) is 18.0 Å². The third-order valence-corrected chi connectivity index (χ3v) is 3.76. The highest BCUT2D eigenvalue weighted by molar-refractivity contribution is 5.91. The van der Waals surface area contributed by atoms with E-state index < -0.39 is 0 Å². The highest BCUT2D eigenvalue weighted by atomic mass is 16.5. The minimum absolute atomic E-state index is 0.140. The number of benzene rings is 1. The van der Waals surface area contributed by atoms with Gasteiger partial charge in [-0.1, -0.05) is 6.07 Å². The molecule has 0 atom stereocenters. The van der Waals surface area contributed by atoms with E-state index in [4.69, 9.17) is 9.47 Å². The van der Waals surface area contributed by atoms with Crippen LogP contribution in [0.3, 0.4) is 0 Å². The lowest BCUT2D eigenvalue weighted by Crippen LogP contribution is -2.21. The third kappa shape index (κ3) is 4.16. The zero-order chi connectivity index (χ0) is 16.8. The number of aryl methyl sites for hydroxylation is 1. The van der Waals surface area contributed by atoms with Crippen molar-refractivity contribution in [3.05, 3.63) is 53.4 Å². The SMILES string of the molecule is COc1ccc(C=CC(=O)NCc2ccc(C)n2C)cc1OC. The van der Waals surface area contributed by atoms with Crippen LogP contribution >= 0.6 is 0 Å². The highest BCUT2D eigenvalue weighted by Crippen LogP contribution is 2.27. The van der Waals surface area contributed by atoms with Crippen LogP contribution in [0.4, 0.5) is 0 Å². The lowest BCUT2D eigenvalue weighted by atomic mass is 10.2. The number of rotatable bonds is 6. The Bertz CT molecular complexity index is 717. The number of carbonyl (C=O) groups is 1. The maximum atomic E-state index is 11.9. The summed E-state index contributed by atoms with van der Waals surface area (Å²) in [7, 11) is 5.16. The monoisotopic (exact) mass is 314 g/mol. The normalized spacial score (nSPS) is 10.8. The maximum Gasteiger partial charge on any atom is 0.244 e.